The maximum absolute atomic E-state index is 13.3. The molecule has 20 heavy (non-hydrogen) atoms. The van der Waals surface area contributed by atoms with Crippen molar-refractivity contribution >= 4 is 17.1 Å². The summed E-state index contributed by atoms with van der Waals surface area (Å²) in [6, 6.07) is 7.49. The van der Waals surface area contributed by atoms with Crippen LogP contribution in [0.1, 0.15) is 11.1 Å². The molecule has 0 aliphatic heterocycles. The van der Waals surface area contributed by atoms with Gasteiger partial charge in [-0.2, -0.15) is 13.2 Å². The maximum atomic E-state index is 13.3. The van der Waals surface area contributed by atoms with Crippen LogP contribution in [0, 0.1) is 12.7 Å². The Morgan fingerprint density at radius 3 is 2.35 bits per heavy atom. The Morgan fingerprint density at radius 1 is 1.05 bits per heavy atom. The molecule has 2 aromatic carbocycles. The number of anilines is 3. The van der Waals surface area contributed by atoms with E-state index in [2.05, 4.69) is 5.32 Å². The molecule has 106 valence electrons. The molecule has 0 spiro atoms. The van der Waals surface area contributed by atoms with E-state index >= 15 is 0 Å². The normalized spacial score (nSPS) is 11.4. The van der Waals surface area contributed by atoms with Crippen LogP contribution >= 0.6 is 0 Å². The fraction of sp³-hybridized carbons (Fsp3) is 0.143. The van der Waals surface area contributed by atoms with E-state index in [1.807, 2.05) is 0 Å². The van der Waals surface area contributed by atoms with Gasteiger partial charge in [-0.3, -0.25) is 0 Å². The van der Waals surface area contributed by atoms with Crippen LogP contribution in [0.15, 0.2) is 36.4 Å². The number of nitrogens with one attached hydrogen (secondary N) is 1. The standard InChI is InChI=1S/C14H12F4N2/c1-8-6-13(11(19)7-10(8)15)20-12-5-3-2-4-9(12)14(16,17)18/h2-7,20H,19H2,1H3. The van der Waals surface area contributed by atoms with Crippen molar-refractivity contribution in [2.45, 2.75) is 13.1 Å². The minimum Gasteiger partial charge on any atom is -0.397 e. The lowest BCUT2D eigenvalue weighted by atomic mass is 10.1. The van der Waals surface area contributed by atoms with Gasteiger partial charge < -0.3 is 11.1 Å². The van der Waals surface area contributed by atoms with Crippen LogP contribution in [0.3, 0.4) is 0 Å². The van der Waals surface area contributed by atoms with Crippen molar-refractivity contribution in [2.75, 3.05) is 11.1 Å². The number of rotatable bonds is 2. The van der Waals surface area contributed by atoms with Gasteiger partial charge in [0.05, 0.1) is 22.6 Å². The van der Waals surface area contributed by atoms with E-state index in [9.17, 15) is 17.6 Å². The second-order valence-corrected chi connectivity index (χ2v) is 4.36. The first kappa shape index (κ1) is 14.2. The predicted molar refractivity (Wildman–Crippen MR) is 70.3 cm³/mol. The highest BCUT2D eigenvalue weighted by Gasteiger charge is 2.33. The summed E-state index contributed by atoms with van der Waals surface area (Å²) in [5.74, 6) is -0.503. The number of nitrogen functional groups attached to an aromatic ring is 1. The molecule has 0 atom stereocenters. The van der Waals surface area contributed by atoms with Crippen molar-refractivity contribution in [1.29, 1.82) is 0 Å². The Kier molecular flexibility index (Phi) is 3.57. The average molecular weight is 284 g/mol. The Hall–Kier alpha value is -2.24. The van der Waals surface area contributed by atoms with Gasteiger partial charge in [0.15, 0.2) is 0 Å². The molecule has 0 aliphatic carbocycles. The first-order valence-electron chi connectivity index (χ1n) is 5.78. The molecule has 0 bridgehead atoms. The van der Waals surface area contributed by atoms with Gasteiger partial charge in [-0.05, 0) is 36.8 Å². The highest BCUT2D eigenvalue weighted by atomic mass is 19.4. The predicted octanol–water partition coefficient (Wildman–Crippen LogP) is 4.48. The molecule has 0 fully saturated rings. The fourth-order valence-electron chi connectivity index (χ4n) is 1.79. The Morgan fingerprint density at radius 2 is 1.70 bits per heavy atom. The quantitative estimate of drug-likeness (QED) is 0.630. The van der Waals surface area contributed by atoms with Crippen molar-refractivity contribution in [3.8, 4) is 0 Å². The van der Waals surface area contributed by atoms with Crippen LogP contribution in [-0.2, 0) is 6.18 Å². The summed E-state index contributed by atoms with van der Waals surface area (Å²) in [5.41, 5.74) is 5.26. The van der Waals surface area contributed by atoms with Gasteiger partial charge in [-0.15, -0.1) is 0 Å². The molecule has 0 heterocycles. The number of hydrogen-bond donors (Lipinski definition) is 2. The van der Waals surface area contributed by atoms with Crippen LogP contribution in [0.2, 0.25) is 0 Å². The van der Waals surface area contributed by atoms with Gasteiger partial charge >= 0.3 is 6.18 Å². The zero-order valence-electron chi connectivity index (χ0n) is 10.6. The molecule has 0 aliphatic rings. The number of aryl methyl sites for hydroxylation is 1. The summed E-state index contributed by atoms with van der Waals surface area (Å²) in [6.45, 7) is 1.51. The summed E-state index contributed by atoms with van der Waals surface area (Å²) in [7, 11) is 0. The fourth-order valence-corrected chi connectivity index (χ4v) is 1.79. The van der Waals surface area contributed by atoms with Gasteiger partial charge in [0.25, 0.3) is 0 Å². The van der Waals surface area contributed by atoms with E-state index in [1.54, 1.807) is 0 Å². The van der Waals surface area contributed by atoms with E-state index in [1.165, 1.54) is 31.2 Å². The van der Waals surface area contributed by atoms with E-state index < -0.39 is 17.6 Å². The lowest BCUT2D eigenvalue weighted by molar-refractivity contribution is -0.136. The Labute approximate surface area is 113 Å². The zero-order valence-corrected chi connectivity index (χ0v) is 10.6. The molecule has 2 aromatic rings. The zero-order chi connectivity index (χ0) is 14.9. The van der Waals surface area contributed by atoms with Crippen LogP contribution in [0.5, 0.6) is 0 Å². The molecular weight excluding hydrogens is 272 g/mol. The van der Waals surface area contributed by atoms with Gasteiger partial charge in [0.2, 0.25) is 0 Å². The minimum atomic E-state index is -4.48. The lowest BCUT2D eigenvalue weighted by Gasteiger charge is -2.16. The van der Waals surface area contributed by atoms with Crippen LogP contribution in [0.25, 0.3) is 0 Å². The summed E-state index contributed by atoms with van der Waals surface area (Å²) < 4.78 is 51.9. The summed E-state index contributed by atoms with van der Waals surface area (Å²) >= 11 is 0. The maximum Gasteiger partial charge on any atom is 0.418 e. The number of hydrogen-bond acceptors (Lipinski definition) is 2. The van der Waals surface area contributed by atoms with Gasteiger partial charge in [-0.25, -0.2) is 4.39 Å². The number of nitrogens with two attached hydrogens (primary N) is 1. The summed E-state index contributed by atoms with van der Waals surface area (Å²) in [6.07, 6.45) is -4.48. The van der Waals surface area contributed by atoms with Crippen molar-refractivity contribution in [1.82, 2.24) is 0 Å². The topological polar surface area (TPSA) is 38.0 Å². The molecule has 0 saturated heterocycles. The van der Waals surface area contributed by atoms with E-state index in [-0.39, 0.29) is 17.1 Å². The molecule has 6 heteroatoms. The molecule has 0 unspecified atom stereocenters. The largest absolute Gasteiger partial charge is 0.418 e. The second kappa shape index (κ2) is 5.03. The monoisotopic (exact) mass is 284 g/mol. The van der Waals surface area contributed by atoms with Gasteiger partial charge in [0, 0.05) is 0 Å². The van der Waals surface area contributed by atoms with Gasteiger partial charge in [-0.1, -0.05) is 12.1 Å². The number of benzene rings is 2. The first-order chi connectivity index (χ1) is 9.29. The van der Waals surface area contributed by atoms with E-state index in [0.29, 0.717) is 5.56 Å². The summed E-state index contributed by atoms with van der Waals surface area (Å²) in [4.78, 5) is 0. The lowest BCUT2D eigenvalue weighted by Crippen LogP contribution is -2.09. The van der Waals surface area contributed by atoms with Crippen molar-refractivity contribution in [3.05, 3.63) is 53.3 Å². The Balaban J connectivity index is 2.43. The van der Waals surface area contributed by atoms with Crippen molar-refractivity contribution in [3.63, 3.8) is 0 Å². The molecule has 2 nitrogen and oxygen atoms in total. The molecule has 0 aromatic heterocycles. The third kappa shape index (κ3) is 2.84. The second-order valence-electron chi connectivity index (χ2n) is 4.36. The molecule has 3 N–H and O–H groups in total. The van der Waals surface area contributed by atoms with Crippen LogP contribution in [0.4, 0.5) is 34.6 Å². The number of halogens is 4. The van der Waals surface area contributed by atoms with E-state index in [4.69, 9.17) is 5.73 Å². The van der Waals surface area contributed by atoms with Crippen LogP contribution < -0.4 is 11.1 Å². The number of alkyl halides is 3. The SMILES string of the molecule is Cc1cc(Nc2ccccc2C(F)(F)F)c(N)cc1F. The van der Waals surface area contributed by atoms with Crippen molar-refractivity contribution in [2.24, 2.45) is 0 Å². The Bertz CT molecular complexity index is 636. The molecular formula is C14H12F4N2. The van der Waals surface area contributed by atoms with Crippen LogP contribution in [-0.4, -0.2) is 0 Å². The van der Waals surface area contributed by atoms with Crippen molar-refractivity contribution < 1.29 is 17.6 Å². The smallest absolute Gasteiger partial charge is 0.397 e. The molecule has 2 rings (SSSR count). The first-order valence-corrected chi connectivity index (χ1v) is 5.78. The molecule has 0 saturated carbocycles. The third-order valence-electron chi connectivity index (χ3n) is 2.83. The highest BCUT2D eigenvalue weighted by molar-refractivity contribution is 5.74. The third-order valence-corrected chi connectivity index (χ3v) is 2.83. The van der Waals surface area contributed by atoms with E-state index in [0.717, 1.165) is 12.1 Å². The highest BCUT2D eigenvalue weighted by Crippen LogP contribution is 2.37. The molecule has 0 amide bonds. The molecule has 0 radical (unpaired) electrons. The average Bonchev–Trinajstić information content (AvgIpc) is 2.35. The van der Waals surface area contributed by atoms with Gasteiger partial charge in [0.1, 0.15) is 5.82 Å². The summed E-state index contributed by atoms with van der Waals surface area (Å²) in [5, 5.41) is 2.60. The minimum absolute atomic E-state index is 0.0464. The number of para-hydroxylation sites is 1.